The summed E-state index contributed by atoms with van der Waals surface area (Å²) in [6.45, 7) is 3.64. The largest absolute Gasteiger partial charge is 0.493 e. The minimum atomic E-state index is -0.345. The summed E-state index contributed by atoms with van der Waals surface area (Å²) in [6, 6.07) is 5.13. The first-order chi connectivity index (χ1) is 9.97. The molecule has 6 nitrogen and oxygen atoms in total. The summed E-state index contributed by atoms with van der Waals surface area (Å²) in [7, 11) is 3.07. The Kier molecular flexibility index (Phi) is 4.16. The van der Waals surface area contributed by atoms with E-state index >= 15 is 0 Å². The van der Waals surface area contributed by atoms with E-state index < -0.39 is 0 Å². The minimum absolute atomic E-state index is 0.110. The second-order valence-corrected chi connectivity index (χ2v) is 4.88. The van der Waals surface area contributed by atoms with Gasteiger partial charge in [0.2, 0.25) is 5.88 Å². The highest BCUT2D eigenvalue weighted by Crippen LogP contribution is 2.31. The maximum absolute atomic E-state index is 12.0. The van der Waals surface area contributed by atoms with Crippen molar-refractivity contribution in [3.63, 3.8) is 0 Å². The third-order valence-electron chi connectivity index (χ3n) is 3.17. The lowest BCUT2D eigenvalue weighted by Crippen LogP contribution is -2.16. The lowest BCUT2D eigenvalue weighted by Gasteiger charge is -2.11. The van der Waals surface area contributed by atoms with E-state index in [1.807, 2.05) is 13.8 Å². The third-order valence-corrected chi connectivity index (χ3v) is 3.17. The smallest absolute Gasteiger partial charge is 0.258 e. The predicted molar refractivity (Wildman–Crippen MR) is 79.2 cm³/mol. The number of aromatic amines is 1. The Hall–Kier alpha value is -2.50. The molecule has 1 aromatic carbocycles. The van der Waals surface area contributed by atoms with Crippen LogP contribution < -0.4 is 15.0 Å². The van der Waals surface area contributed by atoms with Gasteiger partial charge in [-0.05, 0) is 24.1 Å². The van der Waals surface area contributed by atoms with Crippen molar-refractivity contribution in [2.75, 3.05) is 14.2 Å². The zero-order chi connectivity index (χ0) is 15.6. The molecule has 2 rings (SSSR count). The molecule has 6 heteroatoms. The molecule has 2 N–H and O–H groups in total. The van der Waals surface area contributed by atoms with Crippen LogP contribution in [0.2, 0.25) is 0 Å². The summed E-state index contributed by atoms with van der Waals surface area (Å²) in [5, 5.41) is 9.94. The molecule has 0 bridgehead atoms. The van der Waals surface area contributed by atoms with E-state index in [-0.39, 0.29) is 28.7 Å². The van der Waals surface area contributed by atoms with Crippen LogP contribution in [-0.2, 0) is 0 Å². The average Bonchev–Trinajstić information content (AvgIpc) is 2.45. The molecule has 0 spiro atoms. The van der Waals surface area contributed by atoms with Crippen LogP contribution in [0.15, 0.2) is 23.0 Å². The molecule has 0 aliphatic carbocycles. The maximum Gasteiger partial charge on any atom is 0.258 e. The Bertz CT molecular complexity index is 707. The van der Waals surface area contributed by atoms with Crippen molar-refractivity contribution in [3.8, 4) is 28.8 Å². The fourth-order valence-electron chi connectivity index (χ4n) is 2.11. The van der Waals surface area contributed by atoms with Crippen LogP contribution >= 0.6 is 0 Å². The minimum Gasteiger partial charge on any atom is -0.493 e. The molecule has 112 valence electrons. The molecule has 0 atom stereocenters. The average molecular weight is 290 g/mol. The first-order valence-electron chi connectivity index (χ1n) is 6.53. The number of hydrogen-bond acceptors (Lipinski definition) is 5. The Morgan fingerprint density at radius 3 is 2.38 bits per heavy atom. The zero-order valence-electron chi connectivity index (χ0n) is 12.4. The van der Waals surface area contributed by atoms with Crippen LogP contribution in [0.4, 0.5) is 0 Å². The van der Waals surface area contributed by atoms with Gasteiger partial charge in [-0.3, -0.25) is 4.79 Å². The Morgan fingerprint density at radius 1 is 1.19 bits per heavy atom. The van der Waals surface area contributed by atoms with Gasteiger partial charge in [-0.1, -0.05) is 13.8 Å². The Balaban J connectivity index is 2.55. The molecular formula is C15H18N2O4. The monoisotopic (exact) mass is 290 g/mol. The second kappa shape index (κ2) is 5.87. The fraction of sp³-hybridized carbons (Fsp3) is 0.333. The highest BCUT2D eigenvalue weighted by atomic mass is 16.5. The lowest BCUT2D eigenvalue weighted by molar-refractivity contribution is 0.355. The molecule has 1 aromatic heterocycles. The van der Waals surface area contributed by atoms with E-state index in [9.17, 15) is 9.90 Å². The second-order valence-electron chi connectivity index (χ2n) is 4.88. The van der Waals surface area contributed by atoms with E-state index in [1.54, 1.807) is 25.3 Å². The van der Waals surface area contributed by atoms with E-state index in [2.05, 4.69) is 9.97 Å². The van der Waals surface area contributed by atoms with E-state index in [0.717, 1.165) is 0 Å². The molecule has 0 aliphatic heterocycles. The van der Waals surface area contributed by atoms with E-state index in [1.165, 1.54) is 7.11 Å². The Morgan fingerprint density at radius 2 is 1.86 bits per heavy atom. The molecule has 1 heterocycles. The number of hydrogen-bond donors (Lipinski definition) is 2. The van der Waals surface area contributed by atoms with Crippen molar-refractivity contribution in [3.05, 3.63) is 34.1 Å². The maximum atomic E-state index is 12.0. The van der Waals surface area contributed by atoms with Gasteiger partial charge in [-0.2, -0.15) is 4.98 Å². The molecule has 0 amide bonds. The summed E-state index contributed by atoms with van der Waals surface area (Å²) in [5.74, 6) is 1.01. The van der Waals surface area contributed by atoms with Crippen LogP contribution in [0.3, 0.4) is 0 Å². The molecule has 0 saturated carbocycles. The van der Waals surface area contributed by atoms with Gasteiger partial charge < -0.3 is 19.6 Å². The molecule has 0 fully saturated rings. The van der Waals surface area contributed by atoms with Gasteiger partial charge in [0, 0.05) is 5.56 Å². The number of H-pyrrole nitrogens is 1. The van der Waals surface area contributed by atoms with Crippen molar-refractivity contribution >= 4 is 0 Å². The van der Waals surface area contributed by atoms with Crippen molar-refractivity contribution in [1.82, 2.24) is 9.97 Å². The van der Waals surface area contributed by atoms with Gasteiger partial charge in [0.25, 0.3) is 5.56 Å². The first kappa shape index (κ1) is 14.9. The van der Waals surface area contributed by atoms with Crippen molar-refractivity contribution in [2.45, 2.75) is 19.8 Å². The van der Waals surface area contributed by atoms with E-state index in [0.29, 0.717) is 17.1 Å². The lowest BCUT2D eigenvalue weighted by atomic mass is 10.1. The zero-order valence-corrected chi connectivity index (χ0v) is 12.4. The highest BCUT2D eigenvalue weighted by molar-refractivity contribution is 5.61. The van der Waals surface area contributed by atoms with Crippen LogP contribution in [0, 0.1) is 0 Å². The van der Waals surface area contributed by atoms with Gasteiger partial charge in [0.05, 0.1) is 19.8 Å². The van der Waals surface area contributed by atoms with Gasteiger partial charge in [-0.25, -0.2) is 0 Å². The highest BCUT2D eigenvalue weighted by Gasteiger charge is 2.15. The van der Waals surface area contributed by atoms with Crippen molar-refractivity contribution < 1.29 is 14.6 Å². The first-order valence-corrected chi connectivity index (χ1v) is 6.53. The predicted octanol–water partition coefficient (Wildman–Crippen LogP) is 2.28. The molecule has 0 aliphatic rings. The number of ether oxygens (including phenoxy) is 2. The van der Waals surface area contributed by atoms with Gasteiger partial charge in [-0.15, -0.1) is 0 Å². The SMILES string of the molecule is COc1ccc(-c2nc(O)c(C(C)C)c(=O)[nH]2)cc1OC. The summed E-state index contributed by atoms with van der Waals surface area (Å²) in [6.07, 6.45) is 0. The number of aromatic hydroxyl groups is 1. The fourth-order valence-corrected chi connectivity index (χ4v) is 2.11. The summed E-state index contributed by atoms with van der Waals surface area (Å²) in [4.78, 5) is 18.8. The number of nitrogens with zero attached hydrogens (tertiary/aromatic N) is 1. The summed E-state index contributed by atoms with van der Waals surface area (Å²) >= 11 is 0. The van der Waals surface area contributed by atoms with E-state index in [4.69, 9.17) is 9.47 Å². The normalized spacial score (nSPS) is 10.7. The number of methoxy groups -OCH3 is 2. The summed E-state index contributed by atoms with van der Waals surface area (Å²) < 4.78 is 10.4. The van der Waals surface area contributed by atoms with Gasteiger partial charge >= 0.3 is 0 Å². The number of rotatable bonds is 4. The van der Waals surface area contributed by atoms with Crippen LogP contribution in [-0.4, -0.2) is 29.3 Å². The van der Waals surface area contributed by atoms with Crippen LogP contribution in [0.5, 0.6) is 17.4 Å². The van der Waals surface area contributed by atoms with Crippen LogP contribution in [0.1, 0.15) is 25.3 Å². The molecule has 2 aromatic rings. The molecule has 21 heavy (non-hydrogen) atoms. The Labute approximate surface area is 122 Å². The molecular weight excluding hydrogens is 272 g/mol. The van der Waals surface area contributed by atoms with Crippen LogP contribution in [0.25, 0.3) is 11.4 Å². The molecule has 0 unspecified atom stereocenters. The molecule has 0 saturated heterocycles. The number of aromatic nitrogens is 2. The molecule has 0 radical (unpaired) electrons. The standard InChI is InChI=1S/C15H18N2O4/c1-8(2)12-14(18)16-13(17-15(12)19)9-5-6-10(20-3)11(7-9)21-4/h5-8H,1-4H3,(H2,16,17,18,19). The number of nitrogens with one attached hydrogen (secondary N) is 1. The van der Waals surface area contributed by atoms with Gasteiger partial charge in [0.1, 0.15) is 5.82 Å². The quantitative estimate of drug-likeness (QED) is 0.902. The third kappa shape index (κ3) is 2.84. The summed E-state index contributed by atoms with van der Waals surface area (Å²) in [5.41, 5.74) is 0.553. The number of benzene rings is 1. The topological polar surface area (TPSA) is 84.4 Å². The van der Waals surface area contributed by atoms with Crippen molar-refractivity contribution in [1.29, 1.82) is 0 Å². The van der Waals surface area contributed by atoms with Gasteiger partial charge in [0.15, 0.2) is 11.5 Å². The van der Waals surface area contributed by atoms with Crippen molar-refractivity contribution in [2.24, 2.45) is 0 Å².